The lowest BCUT2D eigenvalue weighted by atomic mass is 10.1. The second-order valence-electron chi connectivity index (χ2n) is 4.97. The van der Waals surface area contributed by atoms with Gasteiger partial charge in [-0.2, -0.15) is 0 Å². The molecule has 0 bridgehead atoms. The number of aromatic hydroxyl groups is 1. The summed E-state index contributed by atoms with van der Waals surface area (Å²) in [4.78, 5) is 11.8. The average molecular weight is 407 g/mol. The highest BCUT2D eigenvalue weighted by Crippen LogP contribution is 2.37. The number of carbonyl (C=O) groups excluding carboxylic acids is 1. The van der Waals surface area contributed by atoms with Gasteiger partial charge in [-0.1, -0.05) is 30.3 Å². The summed E-state index contributed by atoms with van der Waals surface area (Å²) < 4.78 is 7.77. The third-order valence-electron chi connectivity index (χ3n) is 3.71. The van der Waals surface area contributed by atoms with E-state index in [1.165, 1.54) is 7.11 Å². The van der Waals surface area contributed by atoms with E-state index in [0.717, 1.165) is 25.7 Å². The first-order chi connectivity index (χ1) is 10.5. The van der Waals surface area contributed by atoms with E-state index < -0.39 is 5.97 Å². The summed E-state index contributed by atoms with van der Waals surface area (Å²) in [5, 5.41) is 11.0. The predicted octanol–water partition coefficient (Wildman–Crippen LogP) is 3.94. The number of methoxy groups -OCH3 is 1. The monoisotopic (exact) mass is 407 g/mol. The van der Waals surface area contributed by atoms with Gasteiger partial charge in [-0.3, -0.25) is 0 Å². The fourth-order valence-corrected chi connectivity index (χ4v) is 3.72. The zero-order chi connectivity index (χ0) is 15.9. The van der Waals surface area contributed by atoms with Crippen LogP contribution in [0.1, 0.15) is 10.4 Å². The van der Waals surface area contributed by atoms with Crippen LogP contribution in [0.2, 0.25) is 0 Å². The Balaban J connectivity index is 2.32. The minimum absolute atomic E-state index is 0.0732. The van der Waals surface area contributed by atoms with Crippen molar-refractivity contribution in [3.63, 3.8) is 0 Å². The third kappa shape index (κ3) is 2.25. The van der Waals surface area contributed by atoms with E-state index in [9.17, 15) is 9.90 Å². The summed E-state index contributed by atoms with van der Waals surface area (Å²) in [6.07, 6.45) is 0. The Hall–Kier alpha value is -2.02. The first kappa shape index (κ1) is 14.9. The maximum atomic E-state index is 11.8. The zero-order valence-electron chi connectivity index (χ0n) is 12.1. The molecule has 2 aromatic carbocycles. The van der Waals surface area contributed by atoms with Gasteiger partial charge in [0, 0.05) is 22.1 Å². The molecule has 0 fully saturated rings. The third-order valence-corrected chi connectivity index (χ3v) is 4.80. The smallest absolute Gasteiger partial charge is 0.341 e. The quantitative estimate of drug-likeness (QED) is 0.517. The van der Waals surface area contributed by atoms with Crippen molar-refractivity contribution in [2.75, 3.05) is 7.11 Å². The molecular weight excluding hydrogens is 393 g/mol. The number of ether oxygens (including phenoxy) is 1. The van der Waals surface area contributed by atoms with Crippen molar-refractivity contribution < 1.29 is 14.6 Å². The van der Waals surface area contributed by atoms with Gasteiger partial charge < -0.3 is 14.4 Å². The van der Waals surface area contributed by atoms with Crippen LogP contribution in [0.5, 0.6) is 5.75 Å². The van der Waals surface area contributed by atoms with E-state index in [1.807, 2.05) is 41.9 Å². The summed E-state index contributed by atoms with van der Waals surface area (Å²) in [5.74, 6) is -0.615. The van der Waals surface area contributed by atoms with Gasteiger partial charge in [0.25, 0.3) is 0 Å². The second-order valence-corrected chi connectivity index (χ2v) is 6.04. The van der Waals surface area contributed by atoms with E-state index in [0.29, 0.717) is 0 Å². The minimum atomic E-state index is -0.541. The first-order valence-corrected chi connectivity index (χ1v) is 7.77. The van der Waals surface area contributed by atoms with E-state index >= 15 is 0 Å². The van der Waals surface area contributed by atoms with Gasteiger partial charge in [0.1, 0.15) is 11.3 Å². The summed E-state index contributed by atoms with van der Waals surface area (Å²) in [5.41, 5.74) is 3.19. The van der Waals surface area contributed by atoms with Crippen LogP contribution < -0.4 is 0 Å². The van der Waals surface area contributed by atoms with Crippen LogP contribution in [0.25, 0.3) is 22.2 Å². The summed E-state index contributed by atoms with van der Waals surface area (Å²) in [6, 6.07) is 13.3. The Bertz CT molecular complexity index is 869. The standard InChI is InChI=1S/C17H14INO3/c1-19-13-9-14(20)12(17(21)22-2)8-11(13)15(18)16(19)10-6-4-3-5-7-10/h3-9,20H,1-2H3. The molecule has 0 saturated heterocycles. The molecule has 0 aliphatic heterocycles. The van der Waals surface area contributed by atoms with Crippen LogP contribution in [0.3, 0.4) is 0 Å². The number of aromatic nitrogens is 1. The van der Waals surface area contributed by atoms with Gasteiger partial charge in [-0.25, -0.2) is 4.79 Å². The van der Waals surface area contributed by atoms with Crippen molar-refractivity contribution in [2.45, 2.75) is 0 Å². The number of benzene rings is 2. The number of aryl methyl sites for hydroxylation is 1. The summed E-state index contributed by atoms with van der Waals surface area (Å²) >= 11 is 2.27. The number of phenols is 1. The van der Waals surface area contributed by atoms with E-state index in [4.69, 9.17) is 4.74 Å². The maximum Gasteiger partial charge on any atom is 0.341 e. The van der Waals surface area contributed by atoms with E-state index in [1.54, 1.807) is 12.1 Å². The number of carbonyl (C=O) groups is 1. The molecule has 0 saturated carbocycles. The average Bonchev–Trinajstić information content (AvgIpc) is 2.77. The van der Waals surface area contributed by atoms with Gasteiger partial charge in [0.15, 0.2) is 0 Å². The van der Waals surface area contributed by atoms with Crippen LogP contribution in [-0.2, 0) is 11.8 Å². The van der Waals surface area contributed by atoms with Crippen LogP contribution in [-0.4, -0.2) is 22.8 Å². The largest absolute Gasteiger partial charge is 0.507 e. The molecule has 5 heteroatoms. The lowest BCUT2D eigenvalue weighted by molar-refractivity contribution is 0.0597. The Morgan fingerprint density at radius 1 is 1.23 bits per heavy atom. The topological polar surface area (TPSA) is 51.5 Å². The molecule has 1 aromatic heterocycles. The number of rotatable bonds is 2. The van der Waals surface area contributed by atoms with Crippen molar-refractivity contribution >= 4 is 39.5 Å². The number of fused-ring (bicyclic) bond motifs is 1. The number of phenolic OH excluding ortho intramolecular Hbond substituents is 1. The Morgan fingerprint density at radius 3 is 2.55 bits per heavy atom. The van der Waals surface area contributed by atoms with Crippen LogP contribution in [0.4, 0.5) is 0 Å². The fourth-order valence-electron chi connectivity index (χ4n) is 2.62. The SMILES string of the molecule is COC(=O)c1cc2c(I)c(-c3ccccc3)n(C)c2cc1O. The van der Waals surface area contributed by atoms with Crippen molar-refractivity contribution in [3.8, 4) is 17.0 Å². The molecule has 0 radical (unpaired) electrons. The van der Waals surface area contributed by atoms with Crippen LogP contribution >= 0.6 is 22.6 Å². The van der Waals surface area contributed by atoms with Crippen molar-refractivity contribution in [1.29, 1.82) is 0 Å². The predicted molar refractivity (Wildman–Crippen MR) is 94.1 cm³/mol. The van der Waals surface area contributed by atoms with Crippen molar-refractivity contribution in [2.24, 2.45) is 7.05 Å². The molecule has 3 aromatic rings. The zero-order valence-corrected chi connectivity index (χ0v) is 14.3. The highest BCUT2D eigenvalue weighted by atomic mass is 127. The lowest BCUT2D eigenvalue weighted by Crippen LogP contribution is -2.01. The fraction of sp³-hybridized carbons (Fsp3) is 0.118. The highest BCUT2D eigenvalue weighted by Gasteiger charge is 2.19. The molecule has 112 valence electrons. The minimum Gasteiger partial charge on any atom is -0.507 e. The molecule has 0 aliphatic rings. The number of hydrogen-bond acceptors (Lipinski definition) is 3. The first-order valence-electron chi connectivity index (χ1n) is 6.69. The number of hydrogen-bond donors (Lipinski definition) is 1. The van der Waals surface area contributed by atoms with Crippen LogP contribution in [0.15, 0.2) is 42.5 Å². The molecule has 0 spiro atoms. The van der Waals surface area contributed by atoms with Gasteiger partial charge in [0.05, 0.1) is 18.3 Å². The molecule has 0 aliphatic carbocycles. The van der Waals surface area contributed by atoms with Crippen molar-refractivity contribution in [1.82, 2.24) is 4.57 Å². The molecule has 22 heavy (non-hydrogen) atoms. The van der Waals surface area contributed by atoms with Gasteiger partial charge in [0.2, 0.25) is 0 Å². The van der Waals surface area contributed by atoms with Crippen molar-refractivity contribution in [3.05, 3.63) is 51.6 Å². The number of halogens is 1. The molecule has 3 rings (SSSR count). The maximum absolute atomic E-state index is 11.8. The highest BCUT2D eigenvalue weighted by molar-refractivity contribution is 14.1. The molecule has 0 amide bonds. The van der Waals surface area contributed by atoms with Gasteiger partial charge in [-0.15, -0.1) is 0 Å². The van der Waals surface area contributed by atoms with E-state index in [-0.39, 0.29) is 11.3 Å². The summed E-state index contributed by atoms with van der Waals surface area (Å²) in [7, 11) is 3.25. The molecule has 4 nitrogen and oxygen atoms in total. The Morgan fingerprint density at radius 2 is 1.91 bits per heavy atom. The van der Waals surface area contributed by atoms with Crippen LogP contribution in [0, 0.1) is 3.57 Å². The number of nitrogens with zero attached hydrogens (tertiary/aromatic N) is 1. The Kier molecular flexibility index (Phi) is 3.82. The molecule has 1 heterocycles. The van der Waals surface area contributed by atoms with Gasteiger partial charge >= 0.3 is 5.97 Å². The van der Waals surface area contributed by atoms with E-state index in [2.05, 4.69) is 22.6 Å². The molecule has 0 atom stereocenters. The molecule has 1 N–H and O–H groups in total. The van der Waals surface area contributed by atoms with Gasteiger partial charge in [-0.05, 0) is 34.2 Å². The second kappa shape index (κ2) is 5.64. The summed E-state index contributed by atoms with van der Waals surface area (Å²) in [6.45, 7) is 0. The Labute approximate surface area is 141 Å². The molecule has 0 unspecified atom stereocenters. The molecular formula is C17H14INO3. The number of esters is 1. The lowest BCUT2D eigenvalue weighted by Gasteiger charge is -2.06. The normalized spacial score (nSPS) is 10.9.